The first kappa shape index (κ1) is 14.8. The first-order chi connectivity index (χ1) is 9.81. The topological polar surface area (TPSA) is 44.5 Å². The Hall–Kier alpha value is -1.65. The lowest BCUT2D eigenvalue weighted by molar-refractivity contribution is 0.344. The Balaban J connectivity index is 1.75. The molecule has 0 aliphatic rings. The van der Waals surface area contributed by atoms with Crippen molar-refractivity contribution in [2.75, 3.05) is 19.5 Å². The summed E-state index contributed by atoms with van der Waals surface area (Å²) >= 11 is 1.75. The number of hydrogen-bond donors (Lipinski definition) is 1. The van der Waals surface area contributed by atoms with Crippen molar-refractivity contribution in [2.45, 2.75) is 11.4 Å². The quantitative estimate of drug-likeness (QED) is 0.627. The summed E-state index contributed by atoms with van der Waals surface area (Å²) in [5, 5.41) is 0. The maximum absolute atomic E-state index is 5.69. The number of methoxy groups -OCH3 is 1. The van der Waals surface area contributed by atoms with Crippen LogP contribution in [0.15, 0.2) is 53.4 Å². The van der Waals surface area contributed by atoms with Crippen LogP contribution in [0.25, 0.3) is 0 Å². The molecule has 0 radical (unpaired) electrons. The monoisotopic (exact) mass is 289 g/mol. The summed E-state index contributed by atoms with van der Waals surface area (Å²) in [6.07, 6.45) is 0. The second-order valence-electron chi connectivity index (χ2n) is 4.22. The van der Waals surface area contributed by atoms with E-state index >= 15 is 0 Å². The van der Waals surface area contributed by atoms with Crippen molar-refractivity contribution in [2.24, 2.45) is 5.73 Å². The van der Waals surface area contributed by atoms with Gasteiger partial charge in [-0.15, -0.1) is 11.8 Å². The van der Waals surface area contributed by atoms with Gasteiger partial charge < -0.3 is 15.2 Å². The van der Waals surface area contributed by atoms with E-state index < -0.39 is 0 Å². The molecule has 0 amide bonds. The first-order valence-electron chi connectivity index (χ1n) is 6.50. The van der Waals surface area contributed by atoms with Gasteiger partial charge in [-0.3, -0.25) is 0 Å². The Bertz CT molecular complexity index is 528. The Morgan fingerprint density at radius 1 is 1.05 bits per heavy atom. The lowest BCUT2D eigenvalue weighted by atomic mass is 10.2. The Morgan fingerprint density at radius 2 is 1.85 bits per heavy atom. The summed E-state index contributed by atoms with van der Waals surface area (Å²) in [6.45, 7) is 1.23. The minimum atomic E-state index is 0.561. The van der Waals surface area contributed by atoms with Gasteiger partial charge in [0.05, 0.1) is 13.7 Å². The van der Waals surface area contributed by atoms with Gasteiger partial charge in [0.25, 0.3) is 0 Å². The third-order valence-electron chi connectivity index (χ3n) is 2.82. The van der Waals surface area contributed by atoms with Crippen LogP contribution in [-0.2, 0) is 6.54 Å². The molecule has 0 atom stereocenters. The normalized spacial score (nSPS) is 10.3. The second kappa shape index (κ2) is 7.82. The number of benzene rings is 2. The van der Waals surface area contributed by atoms with E-state index in [1.54, 1.807) is 18.9 Å². The summed E-state index contributed by atoms with van der Waals surface area (Å²) in [5.74, 6) is 2.66. The molecule has 0 bridgehead atoms. The van der Waals surface area contributed by atoms with Gasteiger partial charge in [-0.05, 0) is 35.9 Å². The molecule has 0 aliphatic carbocycles. The molecule has 0 saturated carbocycles. The summed E-state index contributed by atoms with van der Waals surface area (Å²) in [5.41, 5.74) is 6.67. The van der Waals surface area contributed by atoms with Gasteiger partial charge in [0, 0.05) is 17.2 Å². The summed E-state index contributed by atoms with van der Waals surface area (Å²) in [7, 11) is 1.68. The van der Waals surface area contributed by atoms with Gasteiger partial charge in [0.2, 0.25) is 0 Å². The van der Waals surface area contributed by atoms with Crippen LogP contribution in [0.2, 0.25) is 0 Å². The highest BCUT2D eigenvalue weighted by atomic mass is 32.2. The van der Waals surface area contributed by atoms with Crippen molar-refractivity contribution < 1.29 is 9.47 Å². The van der Waals surface area contributed by atoms with Gasteiger partial charge in [0.15, 0.2) is 0 Å². The molecule has 0 aromatic heterocycles. The van der Waals surface area contributed by atoms with Crippen LogP contribution < -0.4 is 15.2 Å². The molecule has 2 rings (SSSR count). The maximum Gasteiger partial charge on any atom is 0.119 e. The summed E-state index contributed by atoms with van der Waals surface area (Å²) in [4.78, 5) is 1.19. The molecule has 4 heteroatoms. The molecule has 0 unspecified atom stereocenters. The van der Waals surface area contributed by atoms with Gasteiger partial charge in [0.1, 0.15) is 11.5 Å². The van der Waals surface area contributed by atoms with Crippen LogP contribution >= 0.6 is 11.8 Å². The van der Waals surface area contributed by atoms with Crippen molar-refractivity contribution in [3.63, 3.8) is 0 Å². The van der Waals surface area contributed by atoms with E-state index in [9.17, 15) is 0 Å². The van der Waals surface area contributed by atoms with E-state index in [-0.39, 0.29) is 0 Å². The van der Waals surface area contributed by atoms with Gasteiger partial charge >= 0.3 is 0 Å². The largest absolute Gasteiger partial charge is 0.497 e. The fraction of sp³-hybridized carbons (Fsp3) is 0.250. The minimum absolute atomic E-state index is 0.561. The van der Waals surface area contributed by atoms with Crippen LogP contribution in [0.5, 0.6) is 11.5 Å². The van der Waals surface area contributed by atoms with Crippen LogP contribution in [-0.4, -0.2) is 19.5 Å². The van der Waals surface area contributed by atoms with E-state index in [2.05, 4.69) is 6.07 Å². The molecule has 0 fully saturated rings. The van der Waals surface area contributed by atoms with Crippen molar-refractivity contribution in [1.82, 2.24) is 0 Å². The average molecular weight is 289 g/mol. The SMILES string of the molecule is COc1cccc(SCCOc2ccc(CN)cc2)c1. The zero-order chi connectivity index (χ0) is 14.2. The Labute approximate surface area is 124 Å². The average Bonchev–Trinajstić information content (AvgIpc) is 2.52. The summed E-state index contributed by atoms with van der Waals surface area (Å²) in [6, 6.07) is 15.9. The summed E-state index contributed by atoms with van der Waals surface area (Å²) < 4.78 is 10.9. The minimum Gasteiger partial charge on any atom is -0.497 e. The van der Waals surface area contributed by atoms with E-state index in [1.807, 2.05) is 42.5 Å². The van der Waals surface area contributed by atoms with Crippen molar-refractivity contribution >= 4 is 11.8 Å². The molecule has 106 valence electrons. The number of nitrogens with two attached hydrogens (primary N) is 1. The number of hydrogen-bond acceptors (Lipinski definition) is 4. The molecule has 0 saturated heterocycles. The van der Waals surface area contributed by atoms with E-state index in [0.717, 1.165) is 22.8 Å². The lowest BCUT2D eigenvalue weighted by Gasteiger charge is -2.07. The van der Waals surface area contributed by atoms with E-state index in [4.69, 9.17) is 15.2 Å². The smallest absolute Gasteiger partial charge is 0.119 e. The molecule has 0 spiro atoms. The molecule has 2 aromatic carbocycles. The first-order valence-corrected chi connectivity index (χ1v) is 7.49. The van der Waals surface area contributed by atoms with Crippen LogP contribution in [0.3, 0.4) is 0 Å². The second-order valence-corrected chi connectivity index (χ2v) is 5.39. The molecule has 20 heavy (non-hydrogen) atoms. The zero-order valence-corrected chi connectivity index (χ0v) is 12.4. The standard InChI is InChI=1S/C16H19NO2S/c1-18-15-3-2-4-16(11-15)20-10-9-19-14-7-5-13(12-17)6-8-14/h2-8,11H,9-10,12,17H2,1H3. The fourth-order valence-corrected chi connectivity index (χ4v) is 2.51. The molecule has 3 nitrogen and oxygen atoms in total. The molecule has 0 aliphatic heterocycles. The number of thioether (sulfide) groups is 1. The maximum atomic E-state index is 5.69. The van der Waals surface area contributed by atoms with Crippen LogP contribution in [0.4, 0.5) is 0 Å². The van der Waals surface area contributed by atoms with E-state index in [1.165, 1.54) is 4.90 Å². The van der Waals surface area contributed by atoms with E-state index in [0.29, 0.717) is 13.2 Å². The van der Waals surface area contributed by atoms with Crippen molar-refractivity contribution in [3.05, 3.63) is 54.1 Å². The van der Waals surface area contributed by atoms with Crippen molar-refractivity contribution in [1.29, 1.82) is 0 Å². The predicted molar refractivity (Wildman–Crippen MR) is 83.5 cm³/mol. The molecule has 0 heterocycles. The molecular weight excluding hydrogens is 270 g/mol. The fourth-order valence-electron chi connectivity index (χ4n) is 1.73. The van der Waals surface area contributed by atoms with Gasteiger partial charge in [-0.1, -0.05) is 18.2 Å². The van der Waals surface area contributed by atoms with Crippen LogP contribution in [0, 0.1) is 0 Å². The highest BCUT2D eigenvalue weighted by Gasteiger charge is 1.98. The highest BCUT2D eigenvalue weighted by Crippen LogP contribution is 2.22. The highest BCUT2D eigenvalue weighted by molar-refractivity contribution is 7.99. The van der Waals surface area contributed by atoms with Gasteiger partial charge in [-0.2, -0.15) is 0 Å². The third-order valence-corrected chi connectivity index (χ3v) is 3.78. The number of rotatable bonds is 7. The molecular formula is C16H19NO2S. The third kappa shape index (κ3) is 4.47. The molecule has 2 aromatic rings. The van der Waals surface area contributed by atoms with Crippen LogP contribution in [0.1, 0.15) is 5.56 Å². The van der Waals surface area contributed by atoms with Gasteiger partial charge in [-0.25, -0.2) is 0 Å². The predicted octanol–water partition coefficient (Wildman–Crippen LogP) is 3.33. The zero-order valence-electron chi connectivity index (χ0n) is 11.5. The molecule has 2 N–H and O–H groups in total. The lowest BCUT2D eigenvalue weighted by Crippen LogP contribution is -2.01. The van der Waals surface area contributed by atoms with Crippen molar-refractivity contribution in [3.8, 4) is 11.5 Å². The Kier molecular flexibility index (Phi) is 5.77. The number of ether oxygens (including phenoxy) is 2. The Morgan fingerprint density at radius 3 is 2.55 bits per heavy atom.